The van der Waals surface area contributed by atoms with Crippen LogP contribution in [-0.4, -0.2) is 55.7 Å². The van der Waals surface area contributed by atoms with Gasteiger partial charge in [0.05, 0.1) is 12.3 Å². The first kappa shape index (κ1) is 56.8. The van der Waals surface area contributed by atoms with Gasteiger partial charge < -0.3 is 19.7 Å². The van der Waals surface area contributed by atoms with Crippen LogP contribution in [0.1, 0.15) is 258 Å². The van der Waals surface area contributed by atoms with Gasteiger partial charge in [-0.25, -0.2) is 0 Å². The van der Waals surface area contributed by atoms with Gasteiger partial charge in [0.15, 0.2) is 0 Å². The number of unbranched alkanes of at least 4 members (excludes halogenated alkanes) is 20. The van der Waals surface area contributed by atoms with Crippen LogP contribution < -0.4 is 16.2 Å². The summed E-state index contributed by atoms with van der Waals surface area (Å²) in [7, 11) is 0. The molecule has 1 rings (SSSR count). The van der Waals surface area contributed by atoms with Crippen LogP contribution in [0.5, 0.6) is 0 Å². The number of nitrogens with one attached hydrogen (secondary N) is 1. The van der Waals surface area contributed by atoms with E-state index in [0.717, 1.165) is 110 Å². The van der Waals surface area contributed by atoms with Crippen LogP contribution in [0.25, 0.3) is 0 Å². The Labute approximate surface area is 375 Å². The summed E-state index contributed by atoms with van der Waals surface area (Å²) in [4.78, 5) is 51.7. The van der Waals surface area contributed by atoms with Crippen molar-refractivity contribution in [2.45, 2.75) is 265 Å². The van der Waals surface area contributed by atoms with E-state index in [2.05, 4.69) is 37.9 Å². The third kappa shape index (κ3) is 30.5. The third-order valence-corrected chi connectivity index (χ3v) is 12.8. The Morgan fingerprint density at radius 2 is 0.951 bits per heavy atom. The first-order chi connectivity index (χ1) is 29.8. The molecule has 0 atom stereocenters. The normalized spacial score (nSPS) is 11.7. The molecule has 1 aromatic carbocycles. The van der Waals surface area contributed by atoms with Crippen molar-refractivity contribution in [1.29, 1.82) is 0 Å². The van der Waals surface area contributed by atoms with Gasteiger partial charge in [-0.1, -0.05) is 176 Å². The highest BCUT2D eigenvalue weighted by molar-refractivity contribution is 5.69. The van der Waals surface area contributed by atoms with Crippen LogP contribution in [0.3, 0.4) is 0 Å². The number of ether oxygens (including phenoxy) is 2. The predicted molar refractivity (Wildman–Crippen MR) is 260 cm³/mol. The molecule has 8 nitrogen and oxygen atoms in total. The summed E-state index contributed by atoms with van der Waals surface area (Å²) in [5.41, 5.74) is 0.476. The van der Waals surface area contributed by atoms with Crippen LogP contribution >= 0.6 is 0 Å². The zero-order chi connectivity index (χ0) is 44.6. The Balaban J connectivity index is 2.41. The van der Waals surface area contributed by atoms with Crippen molar-refractivity contribution in [3.05, 3.63) is 26.0 Å². The summed E-state index contributed by atoms with van der Waals surface area (Å²) in [5, 5.41) is 3.25. The minimum atomic E-state index is -0.366. The van der Waals surface area contributed by atoms with Crippen LogP contribution in [0.2, 0.25) is 0 Å². The maximum Gasteiger partial charge on any atom is 0.306 e. The Morgan fingerprint density at radius 3 is 1.48 bits per heavy atom. The maximum absolute atomic E-state index is 12.9. The summed E-state index contributed by atoms with van der Waals surface area (Å²) in [6.07, 6.45) is 39.2. The summed E-state index contributed by atoms with van der Waals surface area (Å²) in [6.45, 7) is 15.2. The van der Waals surface area contributed by atoms with Crippen molar-refractivity contribution in [2.24, 2.45) is 5.92 Å². The first-order valence-electron chi connectivity index (χ1n) is 26.4. The van der Waals surface area contributed by atoms with Gasteiger partial charge in [-0.2, -0.15) is 0 Å². The van der Waals surface area contributed by atoms with E-state index in [1.165, 1.54) is 116 Å². The Morgan fingerprint density at radius 1 is 0.492 bits per heavy atom. The lowest BCUT2D eigenvalue weighted by Crippen LogP contribution is -2.38. The van der Waals surface area contributed by atoms with E-state index in [9.17, 15) is 19.2 Å². The molecule has 0 unspecified atom stereocenters. The van der Waals surface area contributed by atoms with E-state index in [1.54, 1.807) is 0 Å². The predicted octanol–water partition coefficient (Wildman–Crippen LogP) is 14.0. The number of carbonyl (C=O) groups is 2. The number of hydrogen-bond acceptors (Lipinski definition) is 8. The molecule has 1 N–H and O–H groups in total. The molecular weight excluding hydrogens is 761 g/mol. The average Bonchev–Trinajstić information content (AvgIpc) is 3.26. The van der Waals surface area contributed by atoms with Crippen molar-refractivity contribution in [3.63, 3.8) is 0 Å². The van der Waals surface area contributed by atoms with Crippen LogP contribution in [0, 0.1) is 5.92 Å². The molecule has 0 aliphatic heterocycles. The van der Waals surface area contributed by atoms with Gasteiger partial charge in [0, 0.05) is 24.9 Å². The highest BCUT2D eigenvalue weighted by Crippen LogP contribution is 2.21. The second kappa shape index (κ2) is 40.5. The van der Waals surface area contributed by atoms with Gasteiger partial charge in [0.25, 0.3) is 0 Å². The van der Waals surface area contributed by atoms with E-state index in [0.29, 0.717) is 49.6 Å². The fourth-order valence-electron chi connectivity index (χ4n) is 8.73. The molecule has 356 valence electrons. The average molecular weight is 859 g/mol. The largest absolute Gasteiger partial charge is 0.466 e. The Bertz CT molecular complexity index is 1220. The zero-order valence-electron chi connectivity index (χ0n) is 40.8. The highest BCUT2D eigenvalue weighted by atomic mass is 16.5. The molecule has 8 heteroatoms. The van der Waals surface area contributed by atoms with E-state index in [-0.39, 0.29) is 28.9 Å². The van der Waals surface area contributed by atoms with Crippen LogP contribution in [-0.2, 0) is 25.5 Å². The fourth-order valence-corrected chi connectivity index (χ4v) is 8.73. The second-order valence-corrected chi connectivity index (χ2v) is 18.4. The molecule has 0 saturated heterocycles. The molecular formula is C53H98N2O6. The standard InChI is InChI=1S/C53H98N2O6/c1-6-11-15-17-21-27-36-47(37-28-22-18-16-12-7-2)61-50(57)39-30-24-20-26-32-43-55(44-33-41-54-51-48(10-5)52(58)53(51)59)42-31-25-19-23-29-38-49(56)60-45-40-46(34-13-8-3)35-14-9-4/h46-47,54H,6-45H2,1-5H3. The first-order valence-corrected chi connectivity index (χ1v) is 26.4. The second-order valence-electron chi connectivity index (χ2n) is 18.4. The van der Waals surface area contributed by atoms with Crippen molar-refractivity contribution in [3.8, 4) is 0 Å². The van der Waals surface area contributed by atoms with Crippen LogP contribution in [0.4, 0.5) is 5.69 Å². The summed E-state index contributed by atoms with van der Waals surface area (Å²) in [6, 6.07) is 0. The van der Waals surface area contributed by atoms with Crippen LogP contribution in [0.15, 0.2) is 9.59 Å². The molecule has 0 amide bonds. The SMILES string of the molecule is CCCCCCCCC(CCCCCCCC)OC(=O)CCCCCCCN(CCCCCCCC(=O)OCCC(CCCC)CCCC)CCCNc1c(CC)c(=O)c1=O. The number of anilines is 1. The zero-order valence-corrected chi connectivity index (χ0v) is 40.8. The lowest BCUT2D eigenvalue weighted by molar-refractivity contribution is -0.150. The smallest absolute Gasteiger partial charge is 0.306 e. The lowest BCUT2D eigenvalue weighted by atomic mass is 9.93. The molecule has 0 aliphatic rings. The molecule has 0 aliphatic carbocycles. The van der Waals surface area contributed by atoms with Gasteiger partial charge in [-0.05, 0) is 96.2 Å². The number of carbonyl (C=O) groups excluding carboxylic acids is 2. The Kier molecular flexibility index (Phi) is 37.8. The van der Waals surface area contributed by atoms with Gasteiger partial charge >= 0.3 is 11.9 Å². The number of esters is 2. The van der Waals surface area contributed by atoms with E-state index < -0.39 is 0 Å². The fraction of sp³-hybridized carbons (Fsp3) is 0.887. The number of hydrogen-bond donors (Lipinski definition) is 1. The van der Waals surface area contributed by atoms with E-state index >= 15 is 0 Å². The molecule has 0 heterocycles. The van der Waals surface area contributed by atoms with Gasteiger partial charge in [-0.3, -0.25) is 19.2 Å². The number of nitrogens with zero attached hydrogens (tertiary/aromatic N) is 1. The van der Waals surface area contributed by atoms with E-state index in [1.807, 2.05) is 6.92 Å². The van der Waals surface area contributed by atoms with Gasteiger partial charge in [-0.15, -0.1) is 0 Å². The quantitative estimate of drug-likeness (QED) is 0.0393. The summed E-state index contributed by atoms with van der Waals surface area (Å²) in [5.74, 6) is 0.651. The van der Waals surface area contributed by atoms with Crippen molar-refractivity contribution >= 4 is 17.6 Å². The molecule has 1 aromatic rings. The van der Waals surface area contributed by atoms with Crippen molar-refractivity contribution < 1.29 is 19.1 Å². The topological polar surface area (TPSA) is 102 Å². The molecule has 61 heavy (non-hydrogen) atoms. The third-order valence-electron chi connectivity index (χ3n) is 12.8. The van der Waals surface area contributed by atoms with Crippen molar-refractivity contribution in [2.75, 3.05) is 38.1 Å². The summed E-state index contributed by atoms with van der Waals surface area (Å²) < 4.78 is 11.7. The molecule has 0 spiro atoms. The molecule has 0 aromatic heterocycles. The molecule has 0 bridgehead atoms. The Hall–Kier alpha value is -2.22. The van der Waals surface area contributed by atoms with Crippen molar-refractivity contribution in [1.82, 2.24) is 4.90 Å². The van der Waals surface area contributed by atoms with E-state index in [4.69, 9.17) is 9.47 Å². The molecule has 0 saturated carbocycles. The monoisotopic (exact) mass is 859 g/mol. The molecule has 0 radical (unpaired) electrons. The minimum Gasteiger partial charge on any atom is -0.466 e. The maximum atomic E-state index is 12.9. The summed E-state index contributed by atoms with van der Waals surface area (Å²) >= 11 is 0. The molecule has 0 fully saturated rings. The minimum absolute atomic E-state index is 0.000457. The van der Waals surface area contributed by atoms with Gasteiger partial charge in [0.1, 0.15) is 6.10 Å². The van der Waals surface area contributed by atoms with Gasteiger partial charge in [0.2, 0.25) is 10.9 Å². The lowest BCUT2D eigenvalue weighted by Gasteiger charge is -2.23. The number of rotatable bonds is 46. The highest BCUT2D eigenvalue weighted by Gasteiger charge is 2.19.